The molecular formula is C23H28N2O3S. The summed E-state index contributed by atoms with van der Waals surface area (Å²) in [7, 11) is -3.86. The van der Waals surface area contributed by atoms with Crippen LogP contribution in [0.5, 0.6) is 0 Å². The maximum absolute atomic E-state index is 13.4. The number of nitrogens with zero attached hydrogens (tertiary/aromatic N) is 1. The summed E-state index contributed by atoms with van der Waals surface area (Å²) in [4.78, 5) is 13.1. The van der Waals surface area contributed by atoms with Gasteiger partial charge in [0.05, 0.1) is 10.6 Å². The van der Waals surface area contributed by atoms with Crippen molar-refractivity contribution in [2.45, 2.75) is 50.5 Å². The Labute approximate surface area is 173 Å². The second-order valence-corrected chi connectivity index (χ2v) is 10.3. The largest absolute Gasteiger partial charge is 0.352 e. The Morgan fingerprint density at radius 3 is 2.48 bits per heavy atom. The van der Waals surface area contributed by atoms with Gasteiger partial charge < -0.3 is 5.32 Å². The number of benzene rings is 2. The van der Waals surface area contributed by atoms with Gasteiger partial charge in [-0.15, -0.1) is 0 Å². The van der Waals surface area contributed by atoms with Crippen LogP contribution < -0.4 is 9.62 Å². The van der Waals surface area contributed by atoms with Gasteiger partial charge in [-0.2, -0.15) is 0 Å². The third-order valence-corrected chi connectivity index (χ3v) is 8.11. The molecule has 0 unspecified atom stereocenters. The molecule has 2 aliphatic rings. The minimum absolute atomic E-state index is 0.182. The smallest absolute Gasteiger partial charge is 0.264 e. The number of carbonyl (C=O) groups is 1. The first-order valence-electron chi connectivity index (χ1n) is 10.3. The number of carbonyl (C=O) groups excluding carboxylic acids is 1. The molecule has 0 heterocycles. The summed E-state index contributed by atoms with van der Waals surface area (Å²) >= 11 is 0. The van der Waals surface area contributed by atoms with E-state index in [0.717, 1.165) is 17.5 Å². The van der Waals surface area contributed by atoms with Gasteiger partial charge in [0.15, 0.2) is 0 Å². The van der Waals surface area contributed by atoms with Crippen LogP contribution in [0.3, 0.4) is 0 Å². The summed E-state index contributed by atoms with van der Waals surface area (Å²) in [5, 5.41) is 3.12. The molecule has 0 aliphatic heterocycles. The molecule has 1 amide bonds. The van der Waals surface area contributed by atoms with Crippen molar-refractivity contribution in [1.29, 1.82) is 0 Å². The van der Waals surface area contributed by atoms with Crippen LogP contribution in [0.15, 0.2) is 53.4 Å². The van der Waals surface area contributed by atoms with Gasteiger partial charge in [0.25, 0.3) is 10.0 Å². The molecule has 6 heteroatoms. The Balaban J connectivity index is 1.63. The standard InChI is InChI=1S/C23H28N2O3S/c1-16-8-9-17(2)22(12-16)25(29(27,28)20-6-4-3-5-7-20)15-23(26)24-21-14-18-10-11-19(21)13-18/h3-9,12,18-19,21H,10-11,13-15H2,1-2H3,(H,24,26)/t18-,19-,21+/m1/s1. The fourth-order valence-electron chi connectivity index (χ4n) is 4.81. The molecule has 2 saturated carbocycles. The highest BCUT2D eigenvalue weighted by atomic mass is 32.2. The first-order valence-corrected chi connectivity index (χ1v) is 11.7. The van der Waals surface area contributed by atoms with Gasteiger partial charge in [0.2, 0.25) is 5.91 Å². The number of anilines is 1. The average molecular weight is 413 g/mol. The van der Waals surface area contributed by atoms with Gasteiger partial charge in [0, 0.05) is 6.04 Å². The highest BCUT2D eigenvalue weighted by molar-refractivity contribution is 7.92. The Kier molecular flexibility index (Phi) is 5.38. The lowest BCUT2D eigenvalue weighted by Crippen LogP contribution is -2.46. The van der Waals surface area contributed by atoms with Crippen LogP contribution in [0, 0.1) is 25.7 Å². The Bertz CT molecular complexity index is 1000. The molecule has 1 N–H and O–H groups in total. The lowest BCUT2D eigenvalue weighted by atomic mass is 9.95. The van der Waals surface area contributed by atoms with E-state index in [9.17, 15) is 13.2 Å². The second-order valence-electron chi connectivity index (χ2n) is 8.46. The number of rotatable bonds is 6. The Morgan fingerprint density at radius 2 is 1.83 bits per heavy atom. The van der Waals surface area contributed by atoms with Crippen LogP contribution in [0.4, 0.5) is 5.69 Å². The number of hydrogen-bond donors (Lipinski definition) is 1. The summed E-state index contributed by atoms with van der Waals surface area (Å²) in [5.74, 6) is 1.03. The normalized spacial score (nSPS) is 23.2. The fourth-order valence-corrected chi connectivity index (χ4v) is 6.31. The van der Waals surface area contributed by atoms with Crippen molar-refractivity contribution >= 4 is 21.6 Å². The third kappa shape index (κ3) is 4.04. The van der Waals surface area contributed by atoms with Crippen LogP contribution in [0.1, 0.15) is 36.8 Å². The Hall–Kier alpha value is -2.34. The monoisotopic (exact) mass is 412 g/mol. The van der Waals surface area contributed by atoms with Crippen LogP contribution in [-0.4, -0.2) is 26.9 Å². The summed E-state index contributed by atoms with van der Waals surface area (Å²) in [6.07, 6.45) is 4.63. The van der Waals surface area contributed by atoms with E-state index in [1.165, 1.54) is 23.6 Å². The van der Waals surface area contributed by atoms with Gasteiger partial charge in [-0.25, -0.2) is 8.42 Å². The van der Waals surface area contributed by atoms with E-state index in [1.807, 2.05) is 32.0 Å². The third-order valence-electron chi connectivity index (χ3n) is 6.34. The second kappa shape index (κ2) is 7.82. The quantitative estimate of drug-likeness (QED) is 0.785. The molecule has 3 atom stereocenters. The molecule has 0 spiro atoms. The van der Waals surface area contributed by atoms with E-state index in [-0.39, 0.29) is 23.4 Å². The van der Waals surface area contributed by atoms with E-state index in [1.54, 1.807) is 30.3 Å². The molecule has 2 aromatic carbocycles. The van der Waals surface area contributed by atoms with E-state index in [4.69, 9.17) is 0 Å². The molecule has 5 nitrogen and oxygen atoms in total. The molecular weight excluding hydrogens is 384 g/mol. The minimum Gasteiger partial charge on any atom is -0.352 e. The number of amides is 1. The predicted molar refractivity (Wildman–Crippen MR) is 114 cm³/mol. The molecule has 2 aliphatic carbocycles. The lowest BCUT2D eigenvalue weighted by Gasteiger charge is -2.28. The van der Waals surface area contributed by atoms with Crippen molar-refractivity contribution < 1.29 is 13.2 Å². The van der Waals surface area contributed by atoms with Crippen molar-refractivity contribution in [2.75, 3.05) is 10.8 Å². The minimum atomic E-state index is -3.86. The number of hydrogen-bond acceptors (Lipinski definition) is 3. The van der Waals surface area contributed by atoms with Gasteiger partial charge in [-0.3, -0.25) is 9.10 Å². The van der Waals surface area contributed by atoms with Crippen LogP contribution in [0.2, 0.25) is 0 Å². The lowest BCUT2D eigenvalue weighted by molar-refractivity contribution is -0.120. The zero-order valence-electron chi connectivity index (χ0n) is 17.0. The topological polar surface area (TPSA) is 66.5 Å². The number of nitrogens with one attached hydrogen (secondary N) is 1. The SMILES string of the molecule is Cc1ccc(C)c(N(CC(=O)N[C@H]2C[C@@H]3CC[C@@H]2C3)S(=O)(=O)c2ccccc2)c1. The average Bonchev–Trinajstić information content (AvgIpc) is 3.32. The van der Waals surface area contributed by atoms with Gasteiger partial charge >= 0.3 is 0 Å². The maximum Gasteiger partial charge on any atom is 0.264 e. The van der Waals surface area contributed by atoms with Crippen LogP contribution in [-0.2, 0) is 14.8 Å². The summed E-state index contributed by atoms with van der Waals surface area (Å²) in [6.45, 7) is 3.58. The van der Waals surface area contributed by atoms with Gasteiger partial charge in [-0.1, -0.05) is 36.8 Å². The van der Waals surface area contributed by atoms with Crippen molar-refractivity contribution in [2.24, 2.45) is 11.8 Å². The van der Waals surface area contributed by atoms with Crippen molar-refractivity contribution in [1.82, 2.24) is 5.32 Å². The predicted octanol–water partition coefficient (Wildman–Crippen LogP) is 3.80. The first-order chi connectivity index (χ1) is 13.8. The molecule has 154 valence electrons. The molecule has 0 saturated heterocycles. The van der Waals surface area contributed by atoms with E-state index in [2.05, 4.69) is 5.32 Å². The molecule has 4 rings (SSSR count). The van der Waals surface area contributed by atoms with Gasteiger partial charge in [-0.05, 0) is 74.3 Å². The maximum atomic E-state index is 13.4. The van der Waals surface area contributed by atoms with Crippen molar-refractivity contribution in [3.05, 3.63) is 59.7 Å². The van der Waals surface area contributed by atoms with Gasteiger partial charge in [0.1, 0.15) is 6.54 Å². The summed E-state index contributed by atoms with van der Waals surface area (Å²) in [6, 6.07) is 14.2. The zero-order valence-corrected chi connectivity index (χ0v) is 17.8. The van der Waals surface area contributed by atoms with Crippen molar-refractivity contribution in [3.63, 3.8) is 0 Å². The highest BCUT2D eigenvalue weighted by Gasteiger charge is 2.40. The summed E-state index contributed by atoms with van der Waals surface area (Å²) < 4.78 is 28.1. The fraction of sp³-hybridized carbons (Fsp3) is 0.435. The number of aryl methyl sites for hydroxylation is 2. The summed E-state index contributed by atoms with van der Waals surface area (Å²) in [5.41, 5.74) is 2.33. The zero-order chi connectivity index (χ0) is 20.6. The van der Waals surface area contributed by atoms with E-state index >= 15 is 0 Å². The van der Waals surface area contributed by atoms with Crippen LogP contribution in [0.25, 0.3) is 0 Å². The van der Waals surface area contributed by atoms with Crippen LogP contribution >= 0.6 is 0 Å². The Morgan fingerprint density at radius 1 is 1.07 bits per heavy atom. The van der Waals surface area contributed by atoms with E-state index in [0.29, 0.717) is 17.5 Å². The van der Waals surface area contributed by atoms with E-state index < -0.39 is 10.0 Å². The molecule has 2 aromatic rings. The van der Waals surface area contributed by atoms with Crippen molar-refractivity contribution in [3.8, 4) is 0 Å². The molecule has 29 heavy (non-hydrogen) atoms. The first kappa shape index (κ1) is 20.0. The molecule has 2 fully saturated rings. The molecule has 0 radical (unpaired) electrons. The molecule has 2 bridgehead atoms. The number of fused-ring (bicyclic) bond motifs is 2. The number of sulfonamides is 1. The molecule has 0 aromatic heterocycles. The highest BCUT2D eigenvalue weighted by Crippen LogP contribution is 2.44.